The van der Waals surface area contributed by atoms with E-state index in [-0.39, 0.29) is 11.2 Å². The molecule has 0 aliphatic carbocycles. The average molecular weight is 334 g/mol. The third-order valence-corrected chi connectivity index (χ3v) is 3.88. The maximum atomic E-state index is 11.4. The molecule has 0 saturated carbocycles. The Bertz CT molecular complexity index is 781. The zero-order valence-electron chi connectivity index (χ0n) is 15.7. The van der Waals surface area contributed by atoms with E-state index in [0.29, 0.717) is 0 Å². The van der Waals surface area contributed by atoms with Gasteiger partial charge in [-0.2, -0.15) is 0 Å². The van der Waals surface area contributed by atoms with Crippen molar-refractivity contribution < 1.29 is 9.53 Å². The van der Waals surface area contributed by atoms with Gasteiger partial charge in [-0.15, -0.1) is 5.73 Å². The van der Waals surface area contributed by atoms with E-state index >= 15 is 0 Å². The molecule has 0 spiro atoms. The normalized spacial score (nSPS) is 10.8. The highest BCUT2D eigenvalue weighted by Crippen LogP contribution is 2.30. The molecular weight excluding hydrogens is 308 g/mol. The van der Waals surface area contributed by atoms with Gasteiger partial charge in [0, 0.05) is 11.1 Å². The Morgan fingerprint density at radius 1 is 1.00 bits per heavy atom. The lowest BCUT2D eigenvalue weighted by atomic mass is 9.85. The van der Waals surface area contributed by atoms with Crippen LogP contribution in [0.25, 0.3) is 11.6 Å². The third kappa shape index (κ3) is 5.77. The topological polar surface area (TPSA) is 26.3 Å². The molecule has 2 heteroatoms. The van der Waals surface area contributed by atoms with Crippen LogP contribution in [0.4, 0.5) is 0 Å². The van der Waals surface area contributed by atoms with E-state index in [9.17, 15) is 4.79 Å². The lowest BCUT2D eigenvalue weighted by Gasteiger charge is -2.19. The van der Waals surface area contributed by atoms with E-state index in [1.807, 2.05) is 42.5 Å². The lowest BCUT2D eigenvalue weighted by Crippen LogP contribution is -2.05. The molecule has 0 aliphatic heterocycles. The van der Waals surface area contributed by atoms with Crippen LogP contribution in [0, 0.1) is 5.41 Å². The van der Waals surface area contributed by atoms with E-state index in [2.05, 4.69) is 38.6 Å². The molecule has 0 unspecified atom stereocenters. The fraction of sp³-hybridized carbons (Fsp3) is 0.304. The Morgan fingerprint density at radius 2 is 1.56 bits per heavy atom. The van der Waals surface area contributed by atoms with Crippen molar-refractivity contribution in [2.24, 2.45) is 5.41 Å². The van der Waals surface area contributed by atoms with Crippen LogP contribution in [0.5, 0.6) is 5.75 Å². The van der Waals surface area contributed by atoms with Crippen molar-refractivity contribution in [3.8, 4) is 5.75 Å². The molecule has 2 nitrogen and oxygen atoms in total. The SMILES string of the molecule is COc1ccc(C(=C=Cc2ccc(C(C)=O)cc2)CC(C)(C)C)cc1. The number of methoxy groups -OCH3 is 1. The Balaban J connectivity index is 2.38. The summed E-state index contributed by atoms with van der Waals surface area (Å²) in [5, 5.41) is 0. The highest BCUT2D eigenvalue weighted by atomic mass is 16.5. The van der Waals surface area contributed by atoms with Gasteiger partial charge in [0.15, 0.2) is 5.78 Å². The maximum Gasteiger partial charge on any atom is 0.159 e. The number of carbonyl (C=O) groups excluding carboxylic acids is 1. The molecule has 2 aromatic rings. The number of hydrogen-bond donors (Lipinski definition) is 0. The fourth-order valence-corrected chi connectivity index (χ4v) is 2.54. The number of ketones is 1. The van der Waals surface area contributed by atoms with Gasteiger partial charge in [0.2, 0.25) is 0 Å². The summed E-state index contributed by atoms with van der Waals surface area (Å²) >= 11 is 0. The number of hydrogen-bond acceptors (Lipinski definition) is 2. The summed E-state index contributed by atoms with van der Waals surface area (Å²) in [6.07, 6.45) is 2.90. The molecule has 2 aromatic carbocycles. The van der Waals surface area contributed by atoms with Crippen molar-refractivity contribution in [3.05, 3.63) is 71.0 Å². The first kappa shape index (κ1) is 18.8. The summed E-state index contributed by atoms with van der Waals surface area (Å²) in [4.78, 5) is 11.4. The van der Waals surface area contributed by atoms with Crippen LogP contribution >= 0.6 is 0 Å². The smallest absolute Gasteiger partial charge is 0.159 e. The molecular formula is C23H26O2. The molecule has 2 rings (SSSR count). The second-order valence-corrected chi connectivity index (χ2v) is 7.41. The Labute approximate surface area is 150 Å². The summed E-state index contributed by atoms with van der Waals surface area (Å²) in [6, 6.07) is 15.7. The molecule has 0 heterocycles. The number of rotatable bonds is 5. The third-order valence-electron chi connectivity index (χ3n) is 3.88. The van der Waals surface area contributed by atoms with Gasteiger partial charge in [-0.1, -0.05) is 57.2 Å². The van der Waals surface area contributed by atoms with Crippen molar-refractivity contribution in [2.45, 2.75) is 34.1 Å². The second kappa shape index (κ2) is 8.00. The van der Waals surface area contributed by atoms with Gasteiger partial charge in [-0.25, -0.2) is 0 Å². The molecule has 0 radical (unpaired) electrons. The highest BCUT2D eigenvalue weighted by Gasteiger charge is 2.14. The maximum absolute atomic E-state index is 11.4. The molecule has 0 N–H and O–H groups in total. The number of ether oxygens (including phenoxy) is 1. The molecule has 130 valence electrons. The molecule has 0 bridgehead atoms. The van der Waals surface area contributed by atoms with E-state index in [0.717, 1.165) is 34.4 Å². The predicted molar refractivity (Wildman–Crippen MR) is 105 cm³/mol. The van der Waals surface area contributed by atoms with Crippen LogP contribution in [-0.4, -0.2) is 12.9 Å². The van der Waals surface area contributed by atoms with E-state index < -0.39 is 0 Å². The van der Waals surface area contributed by atoms with Gasteiger partial charge in [0.1, 0.15) is 5.75 Å². The Hall–Kier alpha value is -2.57. The van der Waals surface area contributed by atoms with Crippen molar-refractivity contribution in [1.82, 2.24) is 0 Å². The van der Waals surface area contributed by atoms with Crippen molar-refractivity contribution in [2.75, 3.05) is 7.11 Å². The first-order chi connectivity index (χ1) is 11.8. The minimum atomic E-state index is 0.0812. The number of Topliss-reactive ketones (excluding diaryl/α,β-unsaturated/α-hetero) is 1. The van der Waals surface area contributed by atoms with Crippen LogP contribution in [0.3, 0.4) is 0 Å². The number of benzene rings is 2. The largest absolute Gasteiger partial charge is 0.497 e. The molecule has 0 fully saturated rings. The van der Waals surface area contributed by atoms with E-state index in [1.54, 1.807) is 14.0 Å². The minimum absolute atomic E-state index is 0.0812. The van der Waals surface area contributed by atoms with Crippen molar-refractivity contribution >= 4 is 17.4 Å². The van der Waals surface area contributed by atoms with Gasteiger partial charge in [0.25, 0.3) is 0 Å². The van der Waals surface area contributed by atoms with Gasteiger partial charge in [-0.3, -0.25) is 4.79 Å². The second-order valence-electron chi connectivity index (χ2n) is 7.41. The summed E-state index contributed by atoms with van der Waals surface area (Å²) in [5.41, 5.74) is 7.69. The van der Waals surface area contributed by atoms with Crippen LogP contribution in [0.1, 0.15) is 55.6 Å². The lowest BCUT2D eigenvalue weighted by molar-refractivity contribution is 0.101. The van der Waals surface area contributed by atoms with E-state index in [1.165, 1.54) is 0 Å². The zero-order chi connectivity index (χ0) is 18.4. The Morgan fingerprint density at radius 3 is 2.04 bits per heavy atom. The standard InChI is InChI=1S/C23H26O2/c1-17(24)19-9-6-18(7-10-19)8-11-21(16-23(2,3)4)20-12-14-22(25-5)15-13-20/h6-10,12-15H,16H2,1-5H3. The average Bonchev–Trinajstić information content (AvgIpc) is 2.58. The first-order valence-electron chi connectivity index (χ1n) is 8.49. The summed E-state index contributed by atoms with van der Waals surface area (Å²) in [6.45, 7) is 8.25. The summed E-state index contributed by atoms with van der Waals surface area (Å²) in [7, 11) is 1.67. The first-order valence-corrected chi connectivity index (χ1v) is 8.49. The summed E-state index contributed by atoms with van der Waals surface area (Å²) in [5.74, 6) is 0.931. The fourth-order valence-electron chi connectivity index (χ4n) is 2.54. The van der Waals surface area contributed by atoms with Crippen LogP contribution in [0.15, 0.2) is 54.3 Å². The van der Waals surface area contributed by atoms with Crippen molar-refractivity contribution in [1.29, 1.82) is 0 Å². The van der Waals surface area contributed by atoms with Crippen LogP contribution < -0.4 is 4.74 Å². The molecule has 0 aliphatic rings. The molecule has 0 atom stereocenters. The van der Waals surface area contributed by atoms with Gasteiger partial charge in [-0.05, 0) is 48.1 Å². The summed E-state index contributed by atoms with van der Waals surface area (Å²) < 4.78 is 5.24. The molecule has 0 amide bonds. The molecule has 0 saturated heterocycles. The van der Waals surface area contributed by atoms with Gasteiger partial charge >= 0.3 is 0 Å². The predicted octanol–water partition coefficient (Wildman–Crippen LogP) is 6.03. The minimum Gasteiger partial charge on any atom is -0.497 e. The molecule has 0 aromatic heterocycles. The van der Waals surface area contributed by atoms with Crippen LogP contribution in [0.2, 0.25) is 0 Å². The zero-order valence-corrected chi connectivity index (χ0v) is 15.7. The van der Waals surface area contributed by atoms with Gasteiger partial charge < -0.3 is 4.74 Å². The number of allylic oxidation sites excluding steroid dienone is 1. The highest BCUT2D eigenvalue weighted by molar-refractivity contribution is 5.94. The number of carbonyl (C=O) groups is 1. The monoisotopic (exact) mass is 334 g/mol. The van der Waals surface area contributed by atoms with Crippen LogP contribution in [-0.2, 0) is 0 Å². The van der Waals surface area contributed by atoms with E-state index in [4.69, 9.17) is 4.74 Å². The van der Waals surface area contributed by atoms with Crippen molar-refractivity contribution in [3.63, 3.8) is 0 Å². The molecule has 25 heavy (non-hydrogen) atoms. The Kier molecular flexibility index (Phi) is 6.01. The van der Waals surface area contributed by atoms with Gasteiger partial charge in [0.05, 0.1) is 7.11 Å². The quantitative estimate of drug-likeness (QED) is 0.493.